The van der Waals surface area contributed by atoms with E-state index in [9.17, 15) is 5.11 Å². The molecule has 0 aromatic heterocycles. The van der Waals surface area contributed by atoms with Crippen molar-refractivity contribution in [1.29, 1.82) is 0 Å². The number of nitrogens with one attached hydrogen (secondary N) is 1. The van der Waals surface area contributed by atoms with Gasteiger partial charge in [-0.25, -0.2) is 0 Å². The Kier molecular flexibility index (Phi) is 6.34. The van der Waals surface area contributed by atoms with Crippen LogP contribution < -0.4 is 11.1 Å². The molecule has 0 heterocycles. The van der Waals surface area contributed by atoms with Gasteiger partial charge in [0, 0.05) is 12.1 Å². The van der Waals surface area contributed by atoms with Crippen LogP contribution in [0.2, 0.25) is 0 Å². The normalized spacial score (nSPS) is 18.8. The van der Waals surface area contributed by atoms with Gasteiger partial charge in [0.2, 0.25) is 0 Å². The van der Waals surface area contributed by atoms with Gasteiger partial charge in [-0.1, -0.05) is 6.92 Å². The van der Waals surface area contributed by atoms with E-state index in [1.165, 1.54) is 0 Å². The second kappa shape index (κ2) is 6.40. The van der Waals surface area contributed by atoms with Gasteiger partial charge >= 0.3 is 0 Å². The van der Waals surface area contributed by atoms with E-state index >= 15 is 0 Å². The Morgan fingerprint density at radius 3 is 2.42 bits per heavy atom. The highest BCUT2D eigenvalue weighted by molar-refractivity contribution is 4.71. The minimum absolute atomic E-state index is 0.113. The molecule has 3 unspecified atom stereocenters. The van der Waals surface area contributed by atoms with E-state index in [-0.39, 0.29) is 12.1 Å². The topological polar surface area (TPSA) is 58.3 Å². The van der Waals surface area contributed by atoms with E-state index in [2.05, 4.69) is 12.2 Å². The van der Waals surface area contributed by atoms with Crippen LogP contribution in [0.1, 0.15) is 33.1 Å². The third-order valence-corrected chi connectivity index (χ3v) is 2.20. The quantitative estimate of drug-likeness (QED) is 0.549. The predicted molar refractivity (Wildman–Crippen MR) is 52.0 cm³/mol. The maximum atomic E-state index is 9.31. The summed E-state index contributed by atoms with van der Waals surface area (Å²) in [5.41, 5.74) is 5.83. The van der Waals surface area contributed by atoms with E-state index < -0.39 is 0 Å². The summed E-state index contributed by atoms with van der Waals surface area (Å²) >= 11 is 0. The second-order valence-electron chi connectivity index (χ2n) is 3.48. The van der Waals surface area contributed by atoms with Crippen LogP contribution >= 0.6 is 0 Å². The fourth-order valence-electron chi connectivity index (χ4n) is 1.18. The Bertz CT molecular complexity index is 96.7. The summed E-state index contributed by atoms with van der Waals surface area (Å²) in [4.78, 5) is 0. The molecule has 0 fully saturated rings. The third kappa shape index (κ3) is 5.52. The van der Waals surface area contributed by atoms with Crippen molar-refractivity contribution in [3.8, 4) is 0 Å². The van der Waals surface area contributed by atoms with E-state index in [4.69, 9.17) is 5.73 Å². The standard InChI is InChI=1S/C9H22N2O/c1-4-9(12)6-8(10)5-7(2)11-3/h7-9,11-12H,4-6,10H2,1-3H3. The molecule has 0 amide bonds. The van der Waals surface area contributed by atoms with Crippen LogP contribution in [0, 0.1) is 0 Å². The summed E-state index contributed by atoms with van der Waals surface area (Å²) in [6.07, 6.45) is 2.20. The van der Waals surface area contributed by atoms with Gasteiger partial charge < -0.3 is 16.2 Å². The second-order valence-corrected chi connectivity index (χ2v) is 3.48. The third-order valence-electron chi connectivity index (χ3n) is 2.20. The molecule has 4 N–H and O–H groups in total. The van der Waals surface area contributed by atoms with Crippen molar-refractivity contribution in [2.24, 2.45) is 5.73 Å². The van der Waals surface area contributed by atoms with E-state index in [0.29, 0.717) is 12.5 Å². The fourth-order valence-corrected chi connectivity index (χ4v) is 1.18. The van der Waals surface area contributed by atoms with Gasteiger partial charge in [0.15, 0.2) is 0 Å². The molecule has 0 rings (SSSR count). The van der Waals surface area contributed by atoms with E-state index in [1.807, 2.05) is 14.0 Å². The van der Waals surface area contributed by atoms with Crippen LogP contribution in [0.3, 0.4) is 0 Å². The summed E-state index contributed by atoms with van der Waals surface area (Å²) in [6, 6.07) is 0.548. The number of aliphatic hydroxyl groups is 1. The van der Waals surface area contributed by atoms with Crippen molar-refractivity contribution in [2.45, 2.75) is 51.3 Å². The van der Waals surface area contributed by atoms with Crippen molar-refractivity contribution in [3.63, 3.8) is 0 Å². The van der Waals surface area contributed by atoms with Gasteiger partial charge in [-0.05, 0) is 33.2 Å². The SMILES string of the molecule is CCC(O)CC(N)CC(C)NC. The molecule has 0 aromatic rings. The highest BCUT2D eigenvalue weighted by Gasteiger charge is 2.11. The lowest BCUT2D eigenvalue weighted by Crippen LogP contribution is -2.34. The monoisotopic (exact) mass is 174 g/mol. The lowest BCUT2D eigenvalue weighted by atomic mass is 10.0. The predicted octanol–water partition coefficient (Wildman–Crippen LogP) is 0.473. The van der Waals surface area contributed by atoms with Crippen molar-refractivity contribution >= 4 is 0 Å². The van der Waals surface area contributed by atoms with Gasteiger partial charge in [0.05, 0.1) is 6.10 Å². The number of aliphatic hydroxyl groups excluding tert-OH is 1. The summed E-state index contributed by atoms with van der Waals surface area (Å²) < 4.78 is 0. The van der Waals surface area contributed by atoms with Crippen LogP contribution in [-0.4, -0.2) is 30.3 Å². The summed E-state index contributed by atoms with van der Waals surface area (Å²) in [7, 11) is 1.92. The van der Waals surface area contributed by atoms with Gasteiger partial charge in [-0.15, -0.1) is 0 Å². The van der Waals surface area contributed by atoms with Crippen LogP contribution in [0.4, 0.5) is 0 Å². The molecular formula is C9H22N2O. The molecule has 0 aliphatic rings. The zero-order chi connectivity index (χ0) is 9.56. The molecule has 0 aliphatic carbocycles. The molecule has 12 heavy (non-hydrogen) atoms. The average Bonchev–Trinajstić information content (AvgIpc) is 2.03. The smallest absolute Gasteiger partial charge is 0.0552 e. The van der Waals surface area contributed by atoms with E-state index in [1.54, 1.807) is 0 Å². The first-order valence-corrected chi connectivity index (χ1v) is 4.71. The molecule has 0 aromatic carbocycles. The van der Waals surface area contributed by atoms with Gasteiger partial charge in [0.1, 0.15) is 0 Å². The Labute approximate surface area is 75.3 Å². The molecule has 0 bridgehead atoms. The van der Waals surface area contributed by atoms with Crippen molar-refractivity contribution in [3.05, 3.63) is 0 Å². The van der Waals surface area contributed by atoms with Gasteiger partial charge in [0.25, 0.3) is 0 Å². The highest BCUT2D eigenvalue weighted by atomic mass is 16.3. The minimum atomic E-state index is -0.232. The van der Waals surface area contributed by atoms with Gasteiger partial charge in [-0.3, -0.25) is 0 Å². The van der Waals surface area contributed by atoms with Gasteiger partial charge in [-0.2, -0.15) is 0 Å². The van der Waals surface area contributed by atoms with Crippen LogP contribution in [0.15, 0.2) is 0 Å². The summed E-state index contributed by atoms with van der Waals surface area (Å²) in [6.45, 7) is 4.07. The number of hydrogen-bond acceptors (Lipinski definition) is 3. The maximum absolute atomic E-state index is 9.31. The number of rotatable bonds is 6. The first-order chi connectivity index (χ1) is 5.60. The zero-order valence-electron chi connectivity index (χ0n) is 8.38. The summed E-state index contributed by atoms with van der Waals surface area (Å²) in [5.74, 6) is 0. The number of hydrogen-bond donors (Lipinski definition) is 3. The van der Waals surface area contributed by atoms with Crippen molar-refractivity contribution in [1.82, 2.24) is 5.32 Å². The minimum Gasteiger partial charge on any atom is -0.393 e. The first kappa shape index (κ1) is 11.9. The molecule has 0 radical (unpaired) electrons. The van der Waals surface area contributed by atoms with E-state index in [0.717, 1.165) is 12.8 Å². The van der Waals surface area contributed by atoms with Crippen molar-refractivity contribution in [2.75, 3.05) is 7.05 Å². The van der Waals surface area contributed by atoms with Crippen molar-refractivity contribution < 1.29 is 5.11 Å². The fraction of sp³-hybridized carbons (Fsp3) is 1.00. The zero-order valence-corrected chi connectivity index (χ0v) is 8.38. The molecule has 0 spiro atoms. The molecule has 3 heteroatoms. The lowest BCUT2D eigenvalue weighted by Gasteiger charge is -2.18. The molecule has 0 saturated carbocycles. The highest BCUT2D eigenvalue weighted by Crippen LogP contribution is 2.05. The Hall–Kier alpha value is -0.120. The molecular weight excluding hydrogens is 152 g/mol. The Morgan fingerprint density at radius 2 is 2.00 bits per heavy atom. The molecule has 3 nitrogen and oxygen atoms in total. The molecule has 0 aliphatic heterocycles. The Morgan fingerprint density at radius 1 is 1.42 bits per heavy atom. The largest absolute Gasteiger partial charge is 0.393 e. The van der Waals surface area contributed by atoms with Crippen LogP contribution in [0.5, 0.6) is 0 Å². The maximum Gasteiger partial charge on any atom is 0.0552 e. The number of nitrogens with two attached hydrogens (primary N) is 1. The Balaban J connectivity index is 3.51. The summed E-state index contributed by atoms with van der Waals surface area (Å²) in [5, 5.41) is 12.4. The molecule has 3 atom stereocenters. The lowest BCUT2D eigenvalue weighted by molar-refractivity contribution is 0.148. The van der Waals surface area contributed by atoms with Crippen LogP contribution in [0.25, 0.3) is 0 Å². The molecule has 74 valence electrons. The molecule has 0 saturated heterocycles. The average molecular weight is 174 g/mol. The van der Waals surface area contributed by atoms with Crippen LogP contribution in [-0.2, 0) is 0 Å². The first-order valence-electron chi connectivity index (χ1n) is 4.71.